The number of benzene rings is 2. The number of carbonyl (C=O) groups excluding carboxylic acids is 2. The SMILES string of the molecule is Cc1ncccc1C(=O)N([C@@H]1CCc2ccc(Cl)cc21)[C@@H](C(N)=O)c1ccccc1. The summed E-state index contributed by atoms with van der Waals surface area (Å²) in [6, 6.07) is 17.1. The van der Waals surface area contributed by atoms with Gasteiger partial charge in [-0.05, 0) is 60.7 Å². The summed E-state index contributed by atoms with van der Waals surface area (Å²) < 4.78 is 0. The molecule has 1 heterocycles. The van der Waals surface area contributed by atoms with E-state index in [0.717, 1.165) is 17.5 Å². The summed E-state index contributed by atoms with van der Waals surface area (Å²) in [5.41, 5.74) is 9.69. The fourth-order valence-electron chi connectivity index (χ4n) is 4.23. The molecule has 6 heteroatoms. The molecule has 4 rings (SSSR count). The quantitative estimate of drug-likeness (QED) is 0.665. The number of aryl methyl sites for hydroxylation is 2. The van der Waals surface area contributed by atoms with Crippen LogP contribution in [0.25, 0.3) is 0 Å². The van der Waals surface area contributed by atoms with Gasteiger partial charge in [-0.3, -0.25) is 14.6 Å². The first kappa shape index (κ1) is 20.1. The van der Waals surface area contributed by atoms with E-state index in [1.165, 1.54) is 0 Å². The number of hydrogen-bond acceptors (Lipinski definition) is 3. The molecule has 5 nitrogen and oxygen atoms in total. The molecule has 0 bridgehead atoms. The standard InChI is InChI=1S/C24H22ClN3O2/c1-15-19(8-5-13-27-15)24(30)28(22(23(26)29)17-6-3-2-4-7-17)21-12-10-16-9-11-18(25)14-20(16)21/h2-9,11,13-14,21-22H,10,12H2,1H3,(H2,26,29)/t21-,22-/m1/s1. The molecule has 0 unspecified atom stereocenters. The Morgan fingerprint density at radius 2 is 1.90 bits per heavy atom. The van der Waals surface area contributed by atoms with Gasteiger partial charge in [-0.2, -0.15) is 0 Å². The van der Waals surface area contributed by atoms with Crippen LogP contribution in [0.3, 0.4) is 0 Å². The van der Waals surface area contributed by atoms with Gasteiger partial charge >= 0.3 is 0 Å². The number of pyridine rings is 1. The molecule has 2 atom stereocenters. The van der Waals surface area contributed by atoms with Crippen molar-refractivity contribution < 1.29 is 9.59 Å². The van der Waals surface area contributed by atoms with Gasteiger partial charge in [-0.15, -0.1) is 0 Å². The van der Waals surface area contributed by atoms with Crippen LogP contribution in [0.5, 0.6) is 0 Å². The van der Waals surface area contributed by atoms with Crippen molar-refractivity contribution in [3.8, 4) is 0 Å². The number of carbonyl (C=O) groups is 2. The van der Waals surface area contributed by atoms with E-state index in [2.05, 4.69) is 4.98 Å². The lowest BCUT2D eigenvalue weighted by molar-refractivity contribution is -0.123. The molecule has 3 aromatic rings. The lowest BCUT2D eigenvalue weighted by Crippen LogP contribution is -2.43. The summed E-state index contributed by atoms with van der Waals surface area (Å²) in [5, 5.41) is 0.598. The van der Waals surface area contributed by atoms with Crippen LogP contribution in [0, 0.1) is 6.92 Å². The minimum absolute atomic E-state index is 0.272. The number of primary amides is 1. The predicted octanol–water partition coefficient (Wildman–Crippen LogP) is 4.40. The molecule has 0 saturated carbocycles. The van der Waals surface area contributed by atoms with E-state index in [1.54, 1.807) is 30.2 Å². The molecule has 2 aromatic carbocycles. The van der Waals surface area contributed by atoms with Crippen molar-refractivity contribution in [3.63, 3.8) is 0 Å². The highest BCUT2D eigenvalue weighted by Crippen LogP contribution is 2.42. The second-order valence-corrected chi connectivity index (χ2v) is 7.90. The van der Waals surface area contributed by atoms with Gasteiger partial charge in [-0.1, -0.05) is 48.0 Å². The number of hydrogen-bond donors (Lipinski definition) is 1. The Hall–Kier alpha value is -3.18. The van der Waals surface area contributed by atoms with Crippen molar-refractivity contribution in [2.45, 2.75) is 31.8 Å². The number of nitrogens with two attached hydrogens (primary N) is 1. The molecular weight excluding hydrogens is 398 g/mol. The van der Waals surface area contributed by atoms with Gasteiger partial charge in [0.2, 0.25) is 5.91 Å². The number of rotatable bonds is 5. The molecule has 0 fully saturated rings. The third kappa shape index (κ3) is 3.68. The van der Waals surface area contributed by atoms with Crippen LogP contribution < -0.4 is 5.73 Å². The molecule has 0 radical (unpaired) electrons. The Morgan fingerprint density at radius 3 is 2.60 bits per heavy atom. The highest BCUT2D eigenvalue weighted by Gasteiger charge is 2.39. The van der Waals surface area contributed by atoms with Crippen molar-refractivity contribution in [1.82, 2.24) is 9.88 Å². The maximum atomic E-state index is 13.8. The lowest BCUT2D eigenvalue weighted by atomic mass is 9.97. The van der Waals surface area contributed by atoms with E-state index < -0.39 is 11.9 Å². The summed E-state index contributed by atoms with van der Waals surface area (Å²) >= 11 is 6.27. The van der Waals surface area contributed by atoms with Crippen LogP contribution >= 0.6 is 11.6 Å². The molecule has 152 valence electrons. The van der Waals surface area contributed by atoms with Crippen molar-refractivity contribution in [1.29, 1.82) is 0 Å². The zero-order chi connectivity index (χ0) is 21.3. The highest BCUT2D eigenvalue weighted by molar-refractivity contribution is 6.30. The smallest absolute Gasteiger partial charge is 0.257 e. The fraction of sp³-hybridized carbons (Fsp3) is 0.208. The van der Waals surface area contributed by atoms with Crippen LogP contribution in [0.15, 0.2) is 66.9 Å². The first-order chi connectivity index (χ1) is 14.5. The zero-order valence-electron chi connectivity index (χ0n) is 16.6. The molecule has 1 aliphatic carbocycles. The van der Waals surface area contributed by atoms with Gasteiger partial charge in [0.25, 0.3) is 5.91 Å². The van der Waals surface area contributed by atoms with Gasteiger partial charge in [0, 0.05) is 16.9 Å². The number of aromatic nitrogens is 1. The Kier molecular flexibility index (Phi) is 5.55. The zero-order valence-corrected chi connectivity index (χ0v) is 17.3. The van der Waals surface area contributed by atoms with Crippen molar-refractivity contribution in [2.75, 3.05) is 0 Å². The van der Waals surface area contributed by atoms with Crippen LogP contribution in [0.4, 0.5) is 0 Å². The first-order valence-corrected chi connectivity index (χ1v) is 10.2. The summed E-state index contributed by atoms with van der Waals surface area (Å²) in [5.74, 6) is -0.849. The first-order valence-electron chi connectivity index (χ1n) is 9.84. The summed E-state index contributed by atoms with van der Waals surface area (Å²) in [6.45, 7) is 1.78. The van der Waals surface area contributed by atoms with Crippen LogP contribution in [0.1, 0.15) is 51.2 Å². The maximum Gasteiger partial charge on any atom is 0.257 e. The summed E-state index contributed by atoms with van der Waals surface area (Å²) in [7, 11) is 0. The average Bonchev–Trinajstić information content (AvgIpc) is 3.14. The van der Waals surface area contributed by atoms with Gasteiger partial charge in [0.1, 0.15) is 6.04 Å². The van der Waals surface area contributed by atoms with Crippen LogP contribution in [-0.4, -0.2) is 21.7 Å². The second kappa shape index (κ2) is 8.28. The molecule has 0 aliphatic heterocycles. The summed E-state index contributed by atoms with van der Waals surface area (Å²) in [6.07, 6.45) is 3.13. The third-order valence-electron chi connectivity index (χ3n) is 5.62. The number of amides is 2. The number of halogens is 1. The topological polar surface area (TPSA) is 76.3 Å². The highest BCUT2D eigenvalue weighted by atomic mass is 35.5. The normalized spacial score (nSPS) is 16.0. The molecule has 1 aromatic heterocycles. The van der Waals surface area contributed by atoms with Crippen molar-refractivity contribution >= 4 is 23.4 Å². The van der Waals surface area contributed by atoms with E-state index in [9.17, 15) is 9.59 Å². The van der Waals surface area contributed by atoms with E-state index in [4.69, 9.17) is 17.3 Å². The van der Waals surface area contributed by atoms with Gasteiger partial charge in [0.15, 0.2) is 0 Å². The molecule has 1 aliphatic rings. The van der Waals surface area contributed by atoms with E-state index in [1.807, 2.05) is 48.5 Å². The van der Waals surface area contributed by atoms with Crippen LogP contribution in [0.2, 0.25) is 5.02 Å². The lowest BCUT2D eigenvalue weighted by Gasteiger charge is -2.36. The molecule has 2 N–H and O–H groups in total. The number of fused-ring (bicyclic) bond motifs is 1. The second-order valence-electron chi connectivity index (χ2n) is 7.46. The summed E-state index contributed by atoms with van der Waals surface area (Å²) in [4.78, 5) is 32.4. The third-order valence-corrected chi connectivity index (χ3v) is 5.86. The van der Waals surface area contributed by atoms with Crippen molar-refractivity contribution in [2.24, 2.45) is 5.73 Å². The number of nitrogens with zero attached hydrogens (tertiary/aromatic N) is 2. The van der Waals surface area contributed by atoms with E-state index in [-0.39, 0.29) is 11.9 Å². The maximum absolute atomic E-state index is 13.8. The predicted molar refractivity (Wildman–Crippen MR) is 116 cm³/mol. The molecular formula is C24H22ClN3O2. The minimum Gasteiger partial charge on any atom is -0.368 e. The van der Waals surface area contributed by atoms with Gasteiger partial charge < -0.3 is 10.6 Å². The molecule has 0 spiro atoms. The monoisotopic (exact) mass is 419 g/mol. The Bertz CT molecular complexity index is 1100. The van der Waals surface area contributed by atoms with Crippen molar-refractivity contribution in [3.05, 3.63) is 99.8 Å². The Morgan fingerprint density at radius 1 is 1.13 bits per heavy atom. The van der Waals surface area contributed by atoms with Crippen LogP contribution in [-0.2, 0) is 11.2 Å². The fourth-order valence-corrected chi connectivity index (χ4v) is 4.41. The van der Waals surface area contributed by atoms with E-state index in [0.29, 0.717) is 28.3 Å². The Labute approximate surface area is 180 Å². The van der Waals surface area contributed by atoms with Gasteiger partial charge in [-0.25, -0.2) is 0 Å². The molecule has 30 heavy (non-hydrogen) atoms. The molecule has 0 saturated heterocycles. The van der Waals surface area contributed by atoms with Gasteiger partial charge in [0.05, 0.1) is 11.6 Å². The minimum atomic E-state index is -0.909. The largest absolute Gasteiger partial charge is 0.368 e. The Balaban J connectivity index is 1.88. The average molecular weight is 420 g/mol. The molecule has 2 amide bonds. The van der Waals surface area contributed by atoms with E-state index >= 15 is 0 Å².